The van der Waals surface area contributed by atoms with Crippen molar-refractivity contribution in [2.24, 2.45) is 0 Å². The average Bonchev–Trinajstić information content (AvgIpc) is 3.24. The number of thiazole rings is 1. The summed E-state index contributed by atoms with van der Waals surface area (Å²) in [4.78, 5) is 58.8. The van der Waals surface area contributed by atoms with Crippen molar-refractivity contribution in [3.63, 3.8) is 0 Å². The van der Waals surface area contributed by atoms with E-state index in [1.807, 2.05) is 7.05 Å². The third kappa shape index (κ3) is 6.18. The van der Waals surface area contributed by atoms with Crippen LogP contribution in [0.25, 0.3) is 0 Å². The second kappa shape index (κ2) is 10.9. The number of carbonyl (C=O) groups excluding carboxylic acids is 4. The van der Waals surface area contributed by atoms with Crippen LogP contribution >= 0.6 is 11.3 Å². The molecular formula is C23H26N6O4S. The van der Waals surface area contributed by atoms with Gasteiger partial charge in [-0.2, -0.15) is 0 Å². The first-order chi connectivity index (χ1) is 16.2. The van der Waals surface area contributed by atoms with E-state index >= 15 is 0 Å². The molecule has 1 atom stereocenters. The fourth-order valence-corrected chi connectivity index (χ4v) is 4.36. The van der Waals surface area contributed by atoms with E-state index in [-0.39, 0.29) is 11.6 Å². The molecule has 3 rings (SSSR count). The van der Waals surface area contributed by atoms with E-state index in [9.17, 15) is 19.2 Å². The lowest BCUT2D eigenvalue weighted by Gasteiger charge is -2.21. The number of anilines is 1. The molecule has 0 saturated carbocycles. The highest BCUT2D eigenvalue weighted by atomic mass is 32.1. The number of benzene rings is 1. The maximum Gasteiger partial charge on any atom is 0.313 e. The smallest absolute Gasteiger partial charge is 0.313 e. The van der Waals surface area contributed by atoms with Crippen LogP contribution in [-0.4, -0.2) is 78.7 Å². The molecule has 2 heterocycles. The van der Waals surface area contributed by atoms with Gasteiger partial charge in [0, 0.05) is 56.3 Å². The number of fused-ring (bicyclic) bond motifs is 1. The predicted octanol–water partition coefficient (Wildman–Crippen LogP) is 0.0538. The molecule has 0 fully saturated rings. The molecule has 0 aliphatic carbocycles. The van der Waals surface area contributed by atoms with Gasteiger partial charge in [0.05, 0.1) is 5.69 Å². The van der Waals surface area contributed by atoms with E-state index < -0.39 is 29.7 Å². The molecule has 3 N–H and O–H groups in total. The number of hydrogen-bond acceptors (Lipinski definition) is 7. The van der Waals surface area contributed by atoms with Crippen LogP contribution in [0.15, 0.2) is 24.3 Å². The van der Waals surface area contributed by atoms with Gasteiger partial charge in [-0.05, 0) is 31.3 Å². The minimum Gasteiger partial charge on any atom is -0.347 e. The van der Waals surface area contributed by atoms with Gasteiger partial charge in [0.15, 0.2) is 5.01 Å². The van der Waals surface area contributed by atoms with E-state index in [0.717, 1.165) is 30.1 Å². The lowest BCUT2D eigenvalue weighted by atomic mass is 10.2. The van der Waals surface area contributed by atoms with Gasteiger partial charge in [0.2, 0.25) is 5.91 Å². The first-order valence-electron chi connectivity index (χ1n) is 10.5. The molecule has 1 aliphatic heterocycles. The van der Waals surface area contributed by atoms with Crippen LogP contribution in [-0.2, 0) is 27.3 Å². The molecule has 1 aromatic carbocycles. The quantitative estimate of drug-likeness (QED) is 0.395. The van der Waals surface area contributed by atoms with Crippen LogP contribution in [0.5, 0.6) is 0 Å². The Morgan fingerprint density at radius 2 is 1.91 bits per heavy atom. The minimum absolute atomic E-state index is 0.261. The van der Waals surface area contributed by atoms with Crippen LogP contribution in [0.3, 0.4) is 0 Å². The highest BCUT2D eigenvalue weighted by molar-refractivity contribution is 7.13. The van der Waals surface area contributed by atoms with Gasteiger partial charge in [0.1, 0.15) is 6.04 Å². The number of nitrogens with zero attached hydrogens (tertiary/aromatic N) is 3. The SMILES string of the molecule is C#Cc1ccc(NC(=O)C(=O)NCC(NC(=O)c2nc3c(s2)CN(C)CC3)C(=O)N(C)C)cc1. The summed E-state index contributed by atoms with van der Waals surface area (Å²) in [5, 5.41) is 7.75. The molecule has 2 aromatic rings. The number of rotatable bonds is 6. The van der Waals surface area contributed by atoms with Gasteiger partial charge >= 0.3 is 11.8 Å². The van der Waals surface area contributed by atoms with Crippen molar-refractivity contribution < 1.29 is 19.2 Å². The molecule has 0 bridgehead atoms. The lowest BCUT2D eigenvalue weighted by Crippen LogP contribution is -2.53. The Morgan fingerprint density at radius 3 is 2.56 bits per heavy atom. The van der Waals surface area contributed by atoms with Gasteiger partial charge in [-0.1, -0.05) is 5.92 Å². The van der Waals surface area contributed by atoms with E-state index in [2.05, 4.69) is 31.8 Å². The Hall–Kier alpha value is -3.75. The van der Waals surface area contributed by atoms with Gasteiger partial charge in [-0.15, -0.1) is 17.8 Å². The predicted molar refractivity (Wildman–Crippen MR) is 128 cm³/mol. The van der Waals surface area contributed by atoms with Gasteiger partial charge in [-0.3, -0.25) is 19.2 Å². The molecule has 34 heavy (non-hydrogen) atoms. The Balaban J connectivity index is 1.61. The van der Waals surface area contributed by atoms with Crippen LogP contribution in [0, 0.1) is 12.3 Å². The zero-order valence-electron chi connectivity index (χ0n) is 19.2. The van der Waals surface area contributed by atoms with Crippen molar-refractivity contribution in [2.45, 2.75) is 19.0 Å². The maximum atomic E-state index is 12.8. The summed E-state index contributed by atoms with van der Waals surface area (Å²) < 4.78 is 0. The van der Waals surface area contributed by atoms with E-state index in [1.165, 1.54) is 30.3 Å². The summed E-state index contributed by atoms with van der Waals surface area (Å²) in [7, 11) is 5.07. The van der Waals surface area contributed by atoms with E-state index in [0.29, 0.717) is 11.3 Å². The molecule has 0 radical (unpaired) electrons. The molecule has 1 aliphatic rings. The monoisotopic (exact) mass is 482 g/mol. The average molecular weight is 483 g/mol. The topological polar surface area (TPSA) is 124 Å². The number of aromatic nitrogens is 1. The van der Waals surface area contributed by atoms with Crippen LogP contribution in [0.2, 0.25) is 0 Å². The van der Waals surface area contributed by atoms with Crippen LogP contribution in [0.4, 0.5) is 5.69 Å². The molecule has 1 unspecified atom stereocenters. The Labute approximate surface area is 201 Å². The van der Waals surface area contributed by atoms with Gasteiger partial charge in [0.25, 0.3) is 5.91 Å². The van der Waals surface area contributed by atoms with Crippen molar-refractivity contribution in [3.05, 3.63) is 45.4 Å². The Morgan fingerprint density at radius 1 is 1.21 bits per heavy atom. The molecule has 10 nitrogen and oxygen atoms in total. The Bertz CT molecular complexity index is 1140. The second-order valence-electron chi connectivity index (χ2n) is 8.02. The lowest BCUT2D eigenvalue weighted by molar-refractivity contribution is -0.136. The molecule has 0 saturated heterocycles. The standard InChI is InChI=1S/C23H26N6O4S/c1-5-14-6-8-15(9-7-14)25-20(31)19(30)24-12-17(23(33)28(2)3)26-21(32)22-27-16-10-11-29(4)13-18(16)34-22/h1,6-9,17H,10-13H2,2-4H3,(H,24,30)(H,25,31)(H,26,32). The van der Waals surface area contributed by atoms with E-state index in [1.54, 1.807) is 24.3 Å². The first kappa shape index (κ1) is 24.9. The largest absolute Gasteiger partial charge is 0.347 e. The summed E-state index contributed by atoms with van der Waals surface area (Å²) >= 11 is 1.29. The number of hydrogen-bond donors (Lipinski definition) is 3. The van der Waals surface area contributed by atoms with Crippen molar-refractivity contribution in [3.8, 4) is 12.3 Å². The van der Waals surface area contributed by atoms with E-state index in [4.69, 9.17) is 6.42 Å². The van der Waals surface area contributed by atoms with Gasteiger partial charge < -0.3 is 25.8 Å². The molecule has 4 amide bonds. The number of carbonyl (C=O) groups is 4. The first-order valence-corrected chi connectivity index (χ1v) is 11.3. The zero-order chi connectivity index (χ0) is 24.8. The third-order valence-electron chi connectivity index (χ3n) is 5.14. The second-order valence-corrected chi connectivity index (χ2v) is 9.10. The van der Waals surface area contributed by atoms with Crippen LogP contribution < -0.4 is 16.0 Å². The number of terminal acetylenes is 1. The summed E-state index contributed by atoms with van der Waals surface area (Å²) in [5.41, 5.74) is 1.92. The Kier molecular flexibility index (Phi) is 7.99. The molecule has 178 valence electrons. The highest BCUT2D eigenvalue weighted by Gasteiger charge is 2.27. The minimum atomic E-state index is -1.07. The van der Waals surface area contributed by atoms with Crippen molar-refractivity contribution in [1.29, 1.82) is 0 Å². The number of amides is 4. The highest BCUT2D eigenvalue weighted by Crippen LogP contribution is 2.24. The molecule has 0 spiro atoms. The number of likely N-dealkylation sites (N-methyl/N-ethyl adjacent to an activating group) is 2. The van der Waals surface area contributed by atoms with Crippen molar-refractivity contribution in [1.82, 2.24) is 25.4 Å². The normalized spacial score (nSPS) is 13.7. The van der Waals surface area contributed by atoms with Crippen molar-refractivity contribution >= 4 is 40.7 Å². The fourth-order valence-electron chi connectivity index (χ4n) is 3.26. The zero-order valence-corrected chi connectivity index (χ0v) is 20.0. The molecule has 11 heteroatoms. The third-order valence-corrected chi connectivity index (χ3v) is 6.22. The van der Waals surface area contributed by atoms with Crippen molar-refractivity contribution in [2.75, 3.05) is 39.5 Å². The molecule has 1 aromatic heterocycles. The van der Waals surface area contributed by atoms with Crippen LogP contribution in [0.1, 0.15) is 25.9 Å². The number of nitrogens with one attached hydrogen (secondary N) is 3. The summed E-state index contributed by atoms with van der Waals surface area (Å²) in [5.74, 6) is -0.332. The maximum absolute atomic E-state index is 12.8. The molecular weight excluding hydrogens is 456 g/mol. The fraction of sp³-hybridized carbons (Fsp3) is 0.348. The summed E-state index contributed by atoms with van der Waals surface area (Å²) in [6.07, 6.45) is 6.05. The summed E-state index contributed by atoms with van der Waals surface area (Å²) in [6.45, 7) is 1.32. The van der Waals surface area contributed by atoms with Gasteiger partial charge in [-0.25, -0.2) is 4.98 Å². The summed E-state index contributed by atoms with van der Waals surface area (Å²) in [6, 6.07) is 5.33.